The maximum atomic E-state index is 13.2. The van der Waals surface area contributed by atoms with Crippen molar-refractivity contribution >= 4 is 23.4 Å². The molecule has 0 fully saturated rings. The topological polar surface area (TPSA) is 84.1 Å². The molecule has 7 heteroatoms. The quantitative estimate of drug-likeness (QED) is 0.280. The fourth-order valence-corrected chi connectivity index (χ4v) is 5.07. The second-order valence-electron chi connectivity index (χ2n) is 8.30. The first-order valence-corrected chi connectivity index (χ1v) is 12.3. The Hall–Kier alpha value is -3.58. The molecular weight excluding hydrogens is 446 g/mol. The summed E-state index contributed by atoms with van der Waals surface area (Å²) in [5.74, 6) is 1.52. The van der Waals surface area contributed by atoms with Crippen LogP contribution in [0, 0.1) is 0 Å². The van der Waals surface area contributed by atoms with Gasteiger partial charge in [0, 0.05) is 29.4 Å². The zero-order chi connectivity index (χ0) is 23.5. The van der Waals surface area contributed by atoms with E-state index in [0.717, 1.165) is 35.4 Å². The molecule has 5 rings (SSSR count). The van der Waals surface area contributed by atoms with E-state index in [1.54, 1.807) is 6.08 Å². The number of aromatic nitrogens is 2. The number of aromatic amines is 1. The van der Waals surface area contributed by atoms with Gasteiger partial charge in [-0.15, -0.1) is 6.58 Å². The molecule has 0 unspecified atom stereocenters. The van der Waals surface area contributed by atoms with Crippen molar-refractivity contribution in [3.63, 3.8) is 0 Å². The van der Waals surface area contributed by atoms with Crippen LogP contribution in [0.4, 0.5) is 5.82 Å². The van der Waals surface area contributed by atoms with Gasteiger partial charge in [0.15, 0.2) is 10.9 Å². The molecule has 0 bridgehead atoms. The van der Waals surface area contributed by atoms with Crippen LogP contribution in [-0.4, -0.2) is 21.5 Å². The number of hydrogen-bond donors (Lipinski definition) is 2. The van der Waals surface area contributed by atoms with Crippen LogP contribution >= 0.6 is 11.8 Å². The molecular formula is C27H25N3O3S. The summed E-state index contributed by atoms with van der Waals surface area (Å²) in [5.41, 5.74) is 3.75. The van der Waals surface area contributed by atoms with E-state index >= 15 is 0 Å². The normalized spacial score (nSPS) is 16.9. The van der Waals surface area contributed by atoms with Gasteiger partial charge >= 0.3 is 0 Å². The number of ketones is 1. The first kappa shape index (κ1) is 22.2. The number of nitrogens with zero attached hydrogens (tertiary/aromatic N) is 1. The molecule has 2 heterocycles. The van der Waals surface area contributed by atoms with Crippen molar-refractivity contribution < 1.29 is 9.53 Å². The summed E-state index contributed by atoms with van der Waals surface area (Å²) in [6.07, 6.45) is 3.81. The van der Waals surface area contributed by atoms with Gasteiger partial charge in [0.25, 0.3) is 5.56 Å². The third-order valence-electron chi connectivity index (χ3n) is 6.04. The molecule has 1 aliphatic carbocycles. The number of nitrogens with one attached hydrogen (secondary N) is 2. The molecule has 1 aliphatic heterocycles. The number of ether oxygens (including phenoxy) is 1. The Morgan fingerprint density at radius 3 is 2.65 bits per heavy atom. The van der Waals surface area contributed by atoms with Gasteiger partial charge in [-0.05, 0) is 36.1 Å². The fourth-order valence-electron chi connectivity index (χ4n) is 4.48. The number of allylic oxidation sites excluding steroid dienone is 2. The maximum absolute atomic E-state index is 13.2. The Kier molecular flexibility index (Phi) is 6.36. The first-order chi connectivity index (χ1) is 16.6. The Morgan fingerprint density at radius 2 is 1.88 bits per heavy atom. The van der Waals surface area contributed by atoms with Gasteiger partial charge in [-0.2, -0.15) is 0 Å². The van der Waals surface area contributed by atoms with Crippen molar-refractivity contribution in [1.82, 2.24) is 9.97 Å². The maximum Gasteiger partial charge on any atom is 0.257 e. The fraction of sp³-hybridized carbons (Fsp3) is 0.222. The highest BCUT2D eigenvalue weighted by molar-refractivity contribution is 7.99. The number of Topliss-reactive ketones (excluding diaryl/α,β-unsaturated/α-hetero) is 1. The number of H-pyrrole nitrogens is 1. The van der Waals surface area contributed by atoms with Gasteiger partial charge in [-0.25, -0.2) is 4.98 Å². The SMILES string of the molecule is C=CCSc1nc2c(c(=O)[nH]1)[C@@H](c1ccc(OCc3ccccc3)cc1)C1=C(CCCC1=O)N2. The average Bonchev–Trinajstić information content (AvgIpc) is 2.86. The molecule has 3 aromatic rings. The number of hydrogen-bond acceptors (Lipinski definition) is 6. The molecule has 0 saturated carbocycles. The monoisotopic (exact) mass is 471 g/mol. The molecule has 0 amide bonds. The predicted molar refractivity (Wildman–Crippen MR) is 134 cm³/mol. The van der Waals surface area contributed by atoms with E-state index in [2.05, 4.69) is 21.9 Å². The third-order valence-corrected chi connectivity index (χ3v) is 6.91. The van der Waals surface area contributed by atoms with Crippen molar-refractivity contribution in [2.75, 3.05) is 11.1 Å². The van der Waals surface area contributed by atoms with Gasteiger partial charge in [-0.3, -0.25) is 9.59 Å². The molecule has 1 atom stereocenters. The summed E-state index contributed by atoms with van der Waals surface area (Å²) >= 11 is 1.42. The Bertz CT molecular complexity index is 1310. The Labute approximate surface area is 202 Å². The minimum absolute atomic E-state index is 0.0818. The van der Waals surface area contributed by atoms with Crippen molar-refractivity contribution in [2.24, 2.45) is 0 Å². The lowest BCUT2D eigenvalue weighted by molar-refractivity contribution is -0.116. The Morgan fingerprint density at radius 1 is 1.09 bits per heavy atom. The standard InChI is InChI=1S/C27H25N3O3S/c1-2-15-34-27-29-25-24(26(32)30-27)22(23-20(28-25)9-6-10-21(23)31)18-11-13-19(14-12-18)33-16-17-7-4-3-5-8-17/h2-5,7-8,11-14,22H,1,6,9-10,15-16H2,(H2,28,29,30,32)/t22-/m0/s1. The lowest BCUT2D eigenvalue weighted by Crippen LogP contribution is -2.32. The van der Waals surface area contributed by atoms with Gasteiger partial charge in [0.1, 0.15) is 18.2 Å². The zero-order valence-corrected chi connectivity index (χ0v) is 19.5. The van der Waals surface area contributed by atoms with Gasteiger partial charge in [-0.1, -0.05) is 60.3 Å². The van der Waals surface area contributed by atoms with E-state index in [1.807, 2.05) is 54.6 Å². The molecule has 2 aromatic carbocycles. The molecule has 0 spiro atoms. The van der Waals surface area contributed by atoms with Crippen LogP contribution in [0.2, 0.25) is 0 Å². The molecule has 1 aromatic heterocycles. The van der Waals surface area contributed by atoms with Crippen molar-refractivity contribution in [1.29, 1.82) is 0 Å². The van der Waals surface area contributed by atoms with Crippen LogP contribution in [0.1, 0.15) is 41.9 Å². The highest BCUT2D eigenvalue weighted by Crippen LogP contribution is 2.43. The van der Waals surface area contributed by atoms with Gasteiger partial charge in [0.05, 0.1) is 5.56 Å². The van der Waals surface area contributed by atoms with Gasteiger partial charge < -0.3 is 15.0 Å². The largest absolute Gasteiger partial charge is 0.489 e. The summed E-state index contributed by atoms with van der Waals surface area (Å²) in [7, 11) is 0. The molecule has 0 radical (unpaired) electrons. The van der Waals surface area contributed by atoms with Crippen LogP contribution in [-0.2, 0) is 11.4 Å². The van der Waals surface area contributed by atoms with Crippen molar-refractivity contribution in [3.8, 4) is 5.75 Å². The smallest absolute Gasteiger partial charge is 0.257 e. The summed E-state index contributed by atoms with van der Waals surface area (Å²) in [5, 5.41) is 3.83. The number of rotatable bonds is 7. The van der Waals surface area contributed by atoms with Crippen molar-refractivity contribution in [2.45, 2.75) is 36.9 Å². The second-order valence-corrected chi connectivity index (χ2v) is 9.31. The Balaban J connectivity index is 1.50. The van der Waals surface area contributed by atoms with E-state index in [0.29, 0.717) is 40.9 Å². The molecule has 6 nitrogen and oxygen atoms in total. The highest BCUT2D eigenvalue weighted by Gasteiger charge is 2.37. The van der Waals surface area contributed by atoms with E-state index in [4.69, 9.17) is 4.74 Å². The number of fused-ring (bicyclic) bond motifs is 1. The molecule has 172 valence electrons. The number of carbonyl (C=O) groups excluding carboxylic acids is 1. The summed E-state index contributed by atoms with van der Waals surface area (Å²) in [4.78, 5) is 33.7. The third kappa shape index (κ3) is 4.43. The minimum atomic E-state index is -0.461. The summed E-state index contributed by atoms with van der Waals surface area (Å²) in [6, 6.07) is 17.6. The number of thioether (sulfide) groups is 1. The zero-order valence-electron chi connectivity index (χ0n) is 18.7. The summed E-state index contributed by atoms with van der Waals surface area (Å²) < 4.78 is 5.93. The predicted octanol–water partition coefficient (Wildman–Crippen LogP) is 5.19. The number of benzene rings is 2. The molecule has 34 heavy (non-hydrogen) atoms. The van der Waals surface area contributed by atoms with Crippen LogP contribution in [0.5, 0.6) is 5.75 Å². The number of carbonyl (C=O) groups is 1. The number of anilines is 1. The average molecular weight is 472 g/mol. The van der Waals surface area contributed by atoms with Crippen LogP contribution in [0.3, 0.4) is 0 Å². The minimum Gasteiger partial charge on any atom is -0.489 e. The first-order valence-electron chi connectivity index (χ1n) is 11.3. The molecule has 0 saturated heterocycles. The summed E-state index contributed by atoms with van der Waals surface area (Å²) in [6.45, 7) is 4.20. The molecule has 2 N–H and O–H groups in total. The van der Waals surface area contributed by atoms with Crippen LogP contribution in [0.15, 0.2) is 88.5 Å². The van der Waals surface area contributed by atoms with E-state index in [-0.39, 0.29) is 11.3 Å². The highest BCUT2D eigenvalue weighted by atomic mass is 32.2. The van der Waals surface area contributed by atoms with Crippen LogP contribution < -0.4 is 15.6 Å². The van der Waals surface area contributed by atoms with E-state index in [1.165, 1.54) is 11.8 Å². The van der Waals surface area contributed by atoms with Gasteiger partial charge in [0.2, 0.25) is 0 Å². The second kappa shape index (κ2) is 9.73. The van der Waals surface area contributed by atoms with Crippen LogP contribution in [0.25, 0.3) is 0 Å². The lowest BCUT2D eigenvalue weighted by Gasteiger charge is -2.32. The molecule has 2 aliphatic rings. The van der Waals surface area contributed by atoms with E-state index < -0.39 is 5.92 Å². The lowest BCUT2D eigenvalue weighted by atomic mass is 9.76. The van der Waals surface area contributed by atoms with E-state index in [9.17, 15) is 9.59 Å². The van der Waals surface area contributed by atoms with Crippen molar-refractivity contribution in [3.05, 3.63) is 106 Å².